The molecule has 0 radical (unpaired) electrons. The summed E-state index contributed by atoms with van der Waals surface area (Å²) in [5, 5.41) is 6.68. The maximum atomic E-state index is 7.09. The Hall–Kier alpha value is -9.32. The van der Waals surface area contributed by atoms with Gasteiger partial charge >= 0.3 is 0 Å². The number of rotatable bonds is 8. The van der Waals surface area contributed by atoms with E-state index in [0.717, 1.165) is 134 Å². The van der Waals surface area contributed by atoms with Crippen molar-refractivity contribution in [2.24, 2.45) is 0 Å². The predicted octanol–water partition coefficient (Wildman–Crippen LogP) is 18.7. The number of nitrogens with zero attached hydrogens (tertiary/aromatic N) is 2. The number of furan rings is 2. The summed E-state index contributed by atoms with van der Waals surface area (Å²) in [7, 11) is 0. The summed E-state index contributed by atoms with van der Waals surface area (Å²) in [6.45, 7) is 0. The van der Waals surface area contributed by atoms with E-state index in [1.807, 2.05) is 24.3 Å². The van der Waals surface area contributed by atoms with Crippen molar-refractivity contribution in [2.75, 3.05) is 9.80 Å². The van der Waals surface area contributed by atoms with Gasteiger partial charge in [0.1, 0.15) is 33.8 Å². The zero-order chi connectivity index (χ0) is 45.4. The summed E-state index contributed by atoms with van der Waals surface area (Å²) < 4.78 is 19.9. The molecule has 13 aromatic rings. The molecule has 0 aliphatic carbocycles. The van der Waals surface area contributed by atoms with Gasteiger partial charge in [-0.25, -0.2) is 0 Å². The zero-order valence-electron chi connectivity index (χ0n) is 37.2. The Morgan fingerprint density at radius 2 is 0.725 bits per heavy atom. The molecule has 1 aliphatic heterocycles. The number of hydrogen-bond acceptors (Lipinski definition) is 5. The van der Waals surface area contributed by atoms with Crippen LogP contribution in [0.2, 0.25) is 0 Å². The molecule has 2 aromatic heterocycles. The van der Waals surface area contributed by atoms with Crippen LogP contribution >= 0.6 is 0 Å². The predicted molar refractivity (Wildman–Crippen MR) is 284 cm³/mol. The van der Waals surface area contributed by atoms with E-state index in [4.69, 9.17) is 13.6 Å². The van der Waals surface area contributed by atoms with Gasteiger partial charge in [-0.15, -0.1) is 0 Å². The summed E-state index contributed by atoms with van der Waals surface area (Å²) in [5.41, 5.74) is 16.2. The van der Waals surface area contributed by atoms with E-state index >= 15 is 0 Å². The fourth-order valence-electron chi connectivity index (χ4n) is 10.5. The lowest BCUT2D eigenvalue weighted by atomic mass is 9.93. The topological polar surface area (TPSA) is 42.0 Å². The van der Waals surface area contributed by atoms with Crippen molar-refractivity contribution < 1.29 is 13.6 Å². The Balaban J connectivity index is 0.839. The molecule has 5 nitrogen and oxygen atoms in total. The summed E-state index contributed by atoms with van der Waals surface area (Å²) in [4.78, 5) is 4.59. The van der Waals surface area contributed by atoms with Crippen LogP contribution in [0.5, 0.6) is 11.5 Å². The molecule has 69 heavy (non-hydrogen) atoms. The van der Waals surface area contributed by atoms with Crippen molar-refractivity contribution in [3.8, 4) is 44.9 Å². The third-order valence-corrected chi connectivity index (χ3v) is 13.6. The van der Waals surface area contributed by atoms with Crippen LogP contribution in [-0.2, 0) is 0 Å². The number of anilines is 6. The minimum atomic E-state index is 0.800. The second-order valence-electron chi connectivity index (χ2n) is 17.6. The van der Waals surface area contributed by atoms with Gasteiger partial charge in [0.15, 0.2) is 0 Å². The Kier molecular flexibility index (Phi) is 8.83. The molecule has 0 bridgehead atoms. The molecule has 0 fully saturated rings. The van der Waals surface area contributed by atoms with Crippen molar-refractivity contribution in [3.63, 3.8) is 0 Å². The van der Waals surface area contributed by atoms with E-state index in [1.54, 1.807) is 0 Å². The van der Waals surface area contributed by atoms with E-state index in [1.165, 1.54) is 0 Å². The van der Waals surface area contributed by atoms with Crippen molar-refractivity contribution in [2.45, 2.75) is 0 Å². The maximum Gasteiger partial charge on any atom is 0.143 e. The first kappa shape index (κ1) is 38.9. The van der Waals surface area contributed by atoms with Crippen molar-refractivity contribution in [1.82, 2.24) is 0 Å². The van der Waals surface area contributed by atoms with Gasteiger partial charge < -0.3 is 23.4 Å². The van der Waals surface area contributed by atoms with E-state index < -0.39 is 0 Å². The molecule has 324 valence electrons. The minimum absolute atomic E-state index is 0.800. The third kappa shape index (κ3) is 6.40. The molecule has 14 rings (SSSR count). The first-order valence-electron chi connectivity index (χ1n) is 23.3. The first-order valence-corrected chi connectivity index (χ1v) is 23.3. The lowest BCUT2D eigenvalue weighted by Gasteiger charge is -2.30. The summed E-state index contributed by atoms with van der Waals surface area (Å²) in [6.07, 6.45) is 0. The van der Waals surface area contributed by atoms with Gasteiger partial charge in [0.2, 0.25) is 0 Å². The number of fused-ring (bicyclic) bond motifs is 8. The number of ether oxygens (including phenoxy) is 1. The Bertz CT molecular complexity index is 4100. The minimum Gasteiger partial charge on any atom is -0.456 e. The van der Waals surface area contributed by atoms with Crippen LogP contribution in [0.25, 0.3) is 88.0 Å². The monoisotopic (exact) mass is 884 g/mol. The van der Waals surface area contributed by atoms with Crippen LogP contribution in [0.15, 0.2) is 251 Å². The highest BCUT2D eigenvalue weighted by atomic mass is 16.5. The molecule has 0 spiro atoms. The van der Waals surface area contributed by atoms with Crippen LogP contribution in [0.1, 0.15) is 0 Å². The quantitative estimate of drug-likeness (QED) is 0.152. The molecule has 0 N–H and O–H groups in total. The van der Waals surface area contributed by atoms with Crippen molar-refractivity contribution in [3.05, 3.63) is 243 Å². The standard InChI is InChI=1S/C64H40N2O3/c1-3-15-44(16-4-1)65(46-32-28-41(29-33-46)50-21-12-24-56-52-19-7-9-26-58(52)68-63(50)56)48-36-37-54-55-23-11-14-43-38-49(40-61(62(43)55)67-60(54)39-48)66(45-17-5-2-6-18-45)47-34-30-42(31-35-47)51-22-13-25-57-53-20-8-10-27-59(53)69-64(51)57/h1-40H. The van der Waals surface area contributed by atoms with Crippen LogP contribution < -0.4 is 14.5 Å². The SMILES string of the molecule is c1ccc(N(c2ccc(-c3cccc4c3oc3ccccc34)cc2)c2ccc3c(c2)Oc2cc(N(c4ccccc4)c4ccc(-c5cccc6c5oc5ccccc56)cc4)cc4cccc-3c24)cc1. The van der Waals surface area contributed by atoms with E-state index in [2.05, 4.69) is 228 Å². The molecule has 5 heteroatoms. The molecular weight excluding hydrogens is 845 g/mol. The summed E-state index contributed by atoms with van der Waals surface area (Å²) in [5.74, 6) is 1.61. The molecule has 0 saturated heterocycles. The smallest absolute Gasteiger partial charge is 0.143 e. The number of para-hydroxylation sites is 6. The fourth-order valence-corrected chi connectivity index (χ4v) is 10.5. The van der Waals surface area contributed by atoms with Crippen LogP contribution in [0.3, 0.4) is 0 Å². The van der Waals surface area contributed by atoms with Gasteiger partial charge in [0, 0.05) is 84.2 Å². The molecule has 3 heterocycles. The van der Waals surface area contributed by atoms with Crippen molar-refractivity contribution >= 4 is 88.8 Å². The molecule has 1 aliphatic rings. The van der Waals surface area contributed by atoms with Gasteiger partial charge in [-0.3, -0.25) is 0 Å². The maximum absolute atomic E-state index is 7.09. The van der Waals surface area contributed by atoms with Crippen LogP contribution in [0.4, 0.5) is 34.1 Å². The molecule has 0 saturated carbocycles. The Morgan fingerprint density at radius 1 is 0.275 bits per heavy atom. The fraction of sp³-hybridized carbons (Fsp3) is 0. The highest BCUT2D eigenvalue weighted by molar-refractivity contribution is 6.11. The average Bonchev–Trinajstić information content (AvgIpc) is 3.99. The molecule has 0 amide bonds. The number of hydrogen-bond donors (Lipinski definition) is 0. The highest BCUT2D eigenvalue weighted by Crippen LogP contribution is 2.51. The largest absolute Gasteiger partial charge is 0.456 e. The van der Waals surface area contributed by atoms with E-state index in [-0.39, 0.29) is 0 Å². The second-order valence-corrected chi connectivity index (χ2v) is 17.6. The third-order valence-electron chi connectivity index (χ3n) is 13.6. The Morgan fingerprint density at radius 3 is 1.30 bits per heavy atom. The molecule has 0 atom stereocenters. The first-order chi connectivity index (χ1) is 34.2. The van der Waals surface area contributed by atoms with Gasteiger partial charge in [0.25, 0.3) is 0 Å². The normalized spacial score (nSPS) is 11.9. The zero-order valence-corrected chi connectivity index (χ0v) is 37.2. The van der Waals surface area contributed by atoms with E-state index in [9.17, 15) is 0 Å². The van der Waals surface area contributed by atoms with Crippen LogP contribution in [0, 0.1) is 0 Å². The van der Waals surface area contributed by atoms with Gasteiger partial charge in [-0.05, 0) is 101 Å². The second kappa shape index (κ2) is 15.7. The summed E-state index contributed by atoms with van der Waals surface area (Å²) >= 11 is 0. The lowest BCUT2D eigenvalue weighted by Crippen LogP contribution is -2.11. The summed E-state index contributed by atoms with van der Waals surface area (Å²) in [6, 6.07) is 85.4. The van der Waals surface area contributed by atoms with Crippen LogP contribution in [-0.4, -0.2) is 0 Å². The molecule has 11 aromatic carbocycles. The Labute approximate surface area is 397 Å². The van der Waals surface area contributed by atoms with Gasteiger partial charge in [-0.2, -0.15) is 0 Å². The molecule has 0 unspecified atom stereocenters. The van der Waals surface area contributed by atoms with E-state index in [0.29, 0.717) is 0 Å². The average molecular weight is 885 g/mol. The van der Waals surface area contributed by atoms with Crippen molar-refractivity contribution in [1.29, 1.82) is 0 Å². The molecular formula is C64H40N2O3. The lowest BCUT2D eigenvalue weighted by molar-refractivity contribution is 0.487. The van der Waals surface area contributed by atoms with Gasteiger partial charge in [-0.1, -0.05) is 152 Å². The number of benzene rings is 11. The highest BCUT2D eigenvalue weighted by Gasteiger charge is 2.25. The van der Waals surface area contributed by atoms with Gasteiger partial charge in [0.05, 0.1) is 5.69 Å².